The maximum atomic E-state index is 12.2. The molecule has 7 heteroatoms. The third-order valence-corrected chi connectivity index (χ3v) is 4.54. The second-order valence-electron chi connectivity index (χ2n) is 4.27. The van der Waals surface area contributed by atoms with E-state index in [2.05, 4.69) is 39.0 Å². The van der Waals surface area contributed by atoms with Crippen molar-refractivity contribution in [1.29, 1.82) is 0 Å². The predicted molar refractivity (Wildman–Crippen MR) is 81.8 cm³/mol. The molecule has 2 nitrogen and oxygen atoms in total. The van der Waals surface area contributed by atoms with Crippen molar-refractivity contribution in [3.05, 3.63) is 44.6 Å². The summed E-state index contributed by atoms with van der Waals surface area (Å²) in [7, 11) is 0. The smallest absolute Gasteiger partial charge is 0.405 e. The summed E-state index contributed by atoms with van der Waals surface area (Å²) < 4.78 is 40.7. The van der Waals surface area contributed by atoms with Gasteiger partial charge in [-0.15, -0.1) is 24.5 Å². The standard InChI is InChI=1S/C14H13BrF3NOS/c1-2-10-4-5-11(21-10)8-19-9-3-6-13(12(15)7-9)20-14(16,17)18/h3-7,19H,2,8H2,1H3. The largest absolute Gasteiger partial charge is 0.573 e. The van der Waals surface area contributed by atoms with Gasteiger partial charge in [-0.05, 0) is 52.7 Å². The Morgan fingerprint density at radius 1 is 1.19 bits per heavy atom. The minimum Gasteiger partial charge on any atom is -0.405 e. The number of thiophene rings is 1. The summed E-state index contributed by atoms with van der Waals surface area (Å²) in [4.78, 5) is 2.49. The van der Waals surface area contributed by atoms with E-state index >= 15 is 0 Å². The van der Waals surface area contributed by atoms with Gasteiger partial charge in [-0.3, -0.25) is 0 Å². The number of alkyl halides is 3. The molecular weight excluding hydrogens is 367 g/mol. The van der Waals surface area contributed by atoms with Gasteiger partial charge in [0, 0.05) is 22.0 Å². The van der Waals surface area contributed by atoms with Gasteiger partial charge in [0.1, 0.15) is 5.75 Å². The van der Waals surface area contributed by atoms with Crippen LogP contribution in [0.3, 0.4) is 0 Å². The van der Waals surface area contributed by atoms with Crippen molar-refractivity contribution in [1.82, 2.24) is 0 Å². The minimum absolute atomic E-state index is 0.252. The summed E-state index contributed by atoms with van der Waals surface area (Å²) >= 11 is 4.80. The molecule has 1 aromatic heterocycles. The van der Waals surface area contributed by atoms with Crippen LogP contribution in [0.4, 0.5) is 18.9 Å². The molecule has 1 aromatic carbocycles. The topological polar surface area (TPSA) is 21.3 Å². The average Bonchev–Trinajstić information content (AvgIpc) is 2.86. The van der Waals surface area contributed by atoms with Crippen LogP contribution in [-0.4, -0.2) is 6.36 Å². The number of anilines is 1. The van der Waals surface area contributed by atoms with Crippen LogP contribution in [-0.2, 0) is 13.0 Å². The number of ether oxygens (including phenoxy) is 1. The van der Waals surface area contributed by atoms with E-state index in [1.807, 2.05) is 6.07 Å². The molecule has 0 spiro atoms. The van der Waals surface area contributed by atoms with E-state index in [4.69, 9.17) is 0 Å². The van der Waals surface area contributed by atoms with Crippen LogP contribution >= 0.6 is 27.3 Å². The van der Waals surface area contributed by atoms with Crippen molar-refractivity contribution in [3.63, 3.8) is 0 Å². The zero-order valence-electron chi connectivity index (χ0n) is 11.1. The summed E-state index contributed by atoms with van der Waals surface area (Å²) in [6, 6.07) is 8.53. The van der Waals surface area contributed by atoms with E-state index in [9.17, 15) is 13.2 Å². The fourth-order valence-electron chi connectivity index (χ4n) is 1.71. The monoisotopic (exact) mass is 379 g/mol. The zero-order valence-corrected chi connectivity index (χ0v) is 13.5. The van der Waals surface area contributed by atoms with E-state index < -0.39 is 6.36 Å². The lowest BCUT2D eigenvalue weighted by Gasteiger charge is -2.12. The first-order valence-electron chi connectivity index (χ1n) is 6.24. The number of hydrogen-bond acceptors (Lipinski definition) is 3. The Hall–Kier alpha value is -1.21. The van der Waals surface area contributed by atoms with Gasteiger partial charge in [0.25, 0.3) is 0 Å². The quantitative estimate of drug-likeness (QED) is 0.731. The van der Waals surface area contributed by atoms with Crippen molar-refractivity contribution in [2.75, 3.05) is 5.32 Å². The fourth-order valence-corrected chi connectivity index (χ4v) is 3.07. The number of benzene rings is 1. The summed E-state index contributed by atoms with van der Waals surface area (Å²) in [5.74, 6) is -0.252. The Morgan fingerprint density at radius 2 is 1.90 bits per heavy atom. The molecule has 0 atom stereocenters. The van der Waals surface area contributed by atoms with Gasteiger partial charge < -0.3 is 10.1 Å². The Morgan fingerprint density at radius 3 is 2.48 bits per heavy atom. The van der Waals surface area contributed by atoms with Crippen molar-refractivity contribution >= 4 is 33.0 Å². The Labute approximate surface area is 133 Å². The van der Waals surface area contributed by atoms with Crippen LogP contribution in [0.25, 0.3) is 0 Å². The van der Waals surface area contributed by atoms with Gasteiger partial charge in [0.05, 0.1) is 4.47 Å². The number of rotatable bonds is 5. The highest BCUT2D eigenvalue weighted by Gasteiger charge is 2.31. The molecule has 0 saturated heterocycles. The van der Waals surface area contributed by atoms with Gasteiger partial charge in [-0.2, -0.15) is 0 Å². The summed E-state index contributed by atoms with van der Waals surface area (Å²) in [5, 5.41) is 3.17. The van der Waals surface area contributed by atoms with Gasteiger partial charge in [-0.25, -0.2) is 0 Å². The number of halogens is 4. The van der Waals surface area contributed by atoms with Gasteiger partial charge >= 0.3 is 6.36 Å². The van der Waals surface area contributed by atoms with E-state index in [0.29, 0.717) is 6.54 Å². The van der Waals surface area contributed by atoms with Crippen LogP contribution in [0.5, 0.6) is 5.75 Å². The Balaban J connectivity index is 1.99. The van der Waals surface area contributed by atoms with Gasteiger partial charge in [-0.1, -0.05) is 6.92 Å². The molecule has 0 aliphatic rings. The molecule has 0 unspecified atom stereocenters. The second kappa shape index (κ2) is 6.70. The van der Waals surface area contributed by atoms with Crippen molar-refractivity contribution < 1.29 is 17.9 Å². The van der Waals surface area contributed by atoms with E-state index in [1.165, 1.54) is 15.8 Å². The normalized spacial score (nSPS) is 11.5. The first-order chi connectivity index (χ1) is 9.87. The molecular formula is C14H13BrF3NOS. The van der Waals surface area contributed by atoms with Crippen molar-refractivity contribution in [2.24, 2.45) is 0 Å². The first kappa shape index (κ1) is 16.2. The molecule has 0 amide bonds. The third-order valence-electron chi connectivity index (χ3n) is 2.69. The lowest BCUT2D eigenvalue weighted by Crippen LogP contribution is -2.17. The SMILES string of the molecule is CCc1ccc(CNc2ccc(OC(F)(F)F)c(Br)c2)s1. The molecule has 0 aliphatic carbocycles. The molecule has 2 rings (SSSR count). The lowest BCUT2D eigenvalue weighted by molar-refractivity contribution is -0.274. The zero-order chi connectivity index (χ0) is 15.5. The molecule has 0 radical (unpaired) electrons. The highest BCUT2D eigenvalue weighted by atomic mass is 79.9. The Bertz CT molecular complexity index is 613. The molecule has 2 aromatic rings. The van der Waals surface area contributed by atoms with Gasteiger partial charge in [0.2, 0.25) is 0 Å². The molecule has 1 heterocycles. The predicted octanol–water partition coefficient (Wildman–Crippen LogP) is 5.58. The molecule has 0 saturated carbocycles. The van der Waals surface area contributed by atoms with E-state index in [-0.39, 0.29) is 10.2 Å². The average molecular weight is 380 g/mol. The molecule has 1 N–H and O–H groups in total. The maximum Gasteiger partial charge on any atom is 0.573 e. The van der Waals surface area contributed by atoms with Crippen molar-refractivity contribution in [2.45, 2.75) is 26.3 Å². The third kappa shape index (κ3) is 4.93. The van der Waals surface area contributed by atoms with E-state index in [1.54, 1.807) is 23.5 Å². The molecule has 0 fully saturated rings. The van der Waals surface area contributed by atoms with Crippen LogP contribution in [0.2, 0.25) is 0 Å². The summed E-state index contributed by atoms with van der Waals surface area (Å²) in [6.45, 7) is 2.73. The highest BCUT2D eigenvalue weighted by molar-refractivity contribution is 9.10. The minimum atomic E-state index is -4.69. The first-order valence-corrected chi connectivity index (χ1v) is 7.85. The van der Waals surface area contributed by atoms with Crippen LogP contribution in [0.1, 0.15) is 16.7 Å². The lowest BCUT2D eigenvalue weighted by atomic mass is 10.3. The van der Waals surface area contributed by atoms with Crippen molar-refractivity contribution in [3.8, 4) is 5.75 Å². The molecule has 0 bridgehead atoms. The molecule has 114 valence electrons. The number of aryl methyl sites for hydroxylation is 1. The summed E-state index contributed by atoms with van der Waals surface area (Å²) in [5.41, 5.74) is 0.725. The van der Waals surface area contributed by atoms with Crippen LogP contribution in [0.15, 0.2) is 34.8 Å². The highest BCUT2D eigenvalue weighted by Crippen LogP contribution is 2.32. The van der Waals surface area contributed by atoms with Gasteiger partial charge in [0.15, 0.2) is 0 Å². The number of hydrogen-bond donors (Lipinski definition) is 1. The number of nitrogens with one attached hydrogen (secondary N) is 1. The maximum absolute atomic E-state index is 12.2. The fraction of sp³-hybridized carbons (Fsp3) is 0.286. The van der Waals surface area contributed by atoms with E-state index in [0.717, 1.165) is 12.1 Å². The Kier molecular flexibility index (Phi) is 5.16. The van der Waals surface area contributed by atoms with Crippen LogP contribution in [0, 0.1) is 0 Å². The second-order valence-corrected chi connectivity index (χ2v) is 6.38. The summed E-state index contributed by atoms with van der Waals surface area (Å²) in [6.07, 6.45) is -3.69. The molecule has 21 heavy (non-hydrogen) atoms. The molecule has 0 aliphatic heterocycles. The van der Waals surface area contributed by atoms with Crippen LogP contribution < -0.4 is 10.1 Å².